The van der Waals surface area contributed by atoms with E-state index in [2.05, 4.69) is 5.32 Å². The number of carbonyl (C=O) groups excluding carboxylic acids is 2. The Morgan fingerprint density at radius 3 is 2.61 bits per heavy atom. The number of rotatable bonds is 3. The molecule has 0 aromatic carbocycles. The van der Waals surface area contributed by atoms with Gasteiger partial charge >= 0.3 is 6.09 Å². The molecular formula is C12H23N3O3. The van der Waals surface area contributed by atoms with E-state index in [9.17, 15) is 9.59 Å². The molecule has 104 valence electrons. The third kappa shape index (κ3) is 5.35. The van der Waals surface area contributed by atoms with Crippen molar-refractivity contribution in [1.82, 2.24) is 15.1 Å². The molecule has 18 heavy (non-hydrogen) atoms. The van der Waals surface area contributed by atoms with Gasteiger partial charge in [-0.25, -0.2) is 4.79 Å². The molecule has 0 aromatic rings. The van der Waals surface area contributed by atoms with Gasteiger partial charge in [-0.3, -0.25) is 9.69 Å². The number of alkyl carbamates (subject to hydrolysis) is 1. The molecule has 6 nitrogen and oxygen atoms in total. The van der Waals surface area contributed by atoms with Gasteiger partial charge in [-0.15, -0.1) is 0 Å². The molecule has 0 aliphatic carbocycles. The molecule has 0 saturated carbocycles. The van der Waals surface area contributed by atoms with Crippen LogP contribution in [-0.2, 0) is 9.53 Å². The third-order valence-corrected chi connectivity index (χ3v) is 2.63. The number of hydrogen-bond acceptors (Lipinski definition) is 4. The van der Waals surface area contributed by atoms with Gasteiger partial charge in [0.1, 0.15) is 5.60 Å². The summed E-state index contributed by atoms with van der Waals surface area (Å²) in [5.41, 5.74) is -0.478. The molecule has 1 N–H and O–H groups in total. The minimum Gasteiger partial charge on any atom is -0.444 e. The molecule has 1 aliphatic heterocycles. The highest BCUT2D eigenvalue weighted by atomic mass is 16.6. The van der Waals surface area contributed by atoms with Gasteiger partial charge < -0.3 is 15.0 Å². The Hall–Kier alpha value is -1.30. The number of hydrogen-bond donors (Lipinski definition) is 1. The fourth-order valence-electron chi connectivity index (χ4n) is 1.63. The molecule has 2 amide bonds. The Kier molecular flexibility index (Phi) is 4.95. The van der Waals surface area contributed by atoms with Crippen LogP contribution in [-0.4, -0.2) is 67.2 Å². The van der Waals surface area contributed by atoms with E-state index in [-0.39, 0.29) is 5.91 Å². The molecule has 0 bridgehead atoms. The molecule has 1 rings (SSSR count). The van der Waals surface area contributed by atoms with Crippen LogP contribution in [0.2, 0.25) is 0 Å². The van der Waals surface area contributed by atoms with E-state index >= 15 is 0 Å². The number of likely N-dealkylation sites (N-methyl/N-ethyl adjacent to an activating group) is 1. The van der Waals surface area contributed by atoms with Gasteiger partial charge in [0.05, 0.1) is 6.54 Å². The highest BCUT2D eigenvalue weighted by Gasteiger charge is 2.21. The van der Waals surface area contributed by atoms with Crippen molar-refractivity contribution in [2.45, 2.75) is 26.4 Å². The van der Waals surface area contributed by atoms with Crippen LogP contribution in [0.5, 0.6) is 0 Å². The predicted molar refractivity (Wildman–Crippen MR) is 68.3 cm³/mol. The topological polar surface area (TPSA) is 61.9 Å². The van der Waals surface area contributed by atoms with Gasteiger partial charge in [0.25, 0.3) is 0 Å². The summed E-state index contributed by atoms with van der Waals surface area (Å²) in [6.45, 7) is 8.64. The lowest BCUT2D eigenvalue weighted by Gasteiger charge is -2.31. The fraction of sp³-hybridized carbons (Fsp3) is 0.833. The second kappa shape index (κ2) is 6.04. The van der Waals surface area contributed by atoms with Crippen molar-refractivity contribution < 1.29 is 14.3 Å². The van der Waals surface area contributed by atoms with Gasteiger partial charge in [-0.05, 0) is 20.8 Å². The molecule has 1 fully saturated rings. The Morgan fingerprint density at radius 2 is 2.06 bits per heavy atom. The van der Waals surface area contributed by atoms with E-state index in [1.54, 1.807) is 11.9 Å². The standard InChI is InChI=1S/C12H23N3O3/c1-12(2,3)18-11(17)13-5-6-15-8-7-14(4)10(16)9-15/h5-9H2,1-4H3,(H,13,17). The van der Waals surface area contributed by atoms with Gasteiger partial charge in [0.2, 0.25) is 5.91 Å². The normalized spacial score (nSPS) is 17.8. The second-order valence-corrected chi connectivity index (χ2v) is 5.52. The second-order valence-electron chi connectivity index (χ2n) is 5.52. The molecule has 0 atom stereocenters. The van der Waals surface area contributed by atoms with E-state index in [0.717, 1.165) is 13.1 Å². The minimum absolute atomic E-state index is 0.124. The Balaban J connectivity index is 2.18. The van der Waals surface area contributed by atoms with Crippen molar-refractivity contribution in [3.8, 4) is 0 Å². The van der Waals surface area contributed by atoms with Gasteiger partial charge in [0.15, 0.2) is 0 Å². The van der Waals surface area contributed by atoms with Crippen LogP contribution < -0.4 is 5.32 Å². The number of piperazine rings is 1. The number of nitrogens with zero attached hydrogens (tertiary/aromatic N) is 2. The summed E-state index contributed by atoms with van der Waals surface area (Å²) in [4.78, 5) is 26.6. The van der Waals surface area contributed by atoms with Crippen molar-refractivity contribution >= 4 is 12.0 Å². The lowest BCUT2D eigenvalue weighted by molar-refractivity contribution is -0.134. The first-order chi connectivity index (χ1) is 8.28. The Labute approximate surface area is 108 Å². The van der Waals surface area contributed by atoms with Gasteiger partial charge in [-0.2, -0.15) is 0 Å². The fourth-order valence-corrected chi connectivity index (χ4v) is 1.63. The molecule has 1 heterocycles. The summed E-state index contributed by atoms with van der Waals surface area (Å²) in [5, 5.41) is 2.68. The molecule has 6 heteroatoms. The van der Waals surface area contributed by atoms with Crippen LogP contribution in [0.25, 0.3) is 0 Å². The largest absolute Gasteiger partial charge is 0.444 e. The molecular weight excluding hydrogens is 234 g/mol. The van der Waals surface area contributed by atoms with Crippen LogP contribution in [0.15, 0.2) is 0 Å². The molecule has 1 saturated heterocycles. The number of carbonyl (C=O) groups is 2. The van der Waals surface area contributed by atoms with Gasteiger partial charge in [0, 0.05) is 33.2 Å². The van der Waals surface area contributed by atoms with Crippen molar-refractivity contribution in [1.29, 1.82) is 0 Å². The quantitative estimate of drug-likeness (QED) is 0.789. The zero-order chi connectivity index (χ0) is 13.8. The smallest absolute Gasteiger partial charge is 0.407 e. The van der Waals surface area contributed by atoms with Crippen molar-refractivity contribution in [3.63, 3.8) is 0 Å². The van der Waals surface area contributed by atoms with E-state index in [1.165, 1.54) is 0 Å². The Morgan fingerprint density at radius 1 is 1.39 bits per heavy atom. The van der Waals surface area contributed by atoms with E-state index in [4.69, 9.17) is 4.74 Å². The summed E-state index contributed by atoms with van der Waals surface area (Å²) < 4.78 is 5.12. The summed E-state index contributed by atoms with van der Waals surface area (Å²) in [5.74, 6) is 0.124. The van der Waals surface area contributed by atoms with Crippen molar-refractivity contribution in [3.05, 3.63) is 0 Å². The predicted octanol–water partition coefficient (Wildman–Crippen LogP) is 0.285. The Bertz CT molecular complexity index is 312. The summed E-state index contributed by atoms with van der Waals surface area (Å²) in [6.07, 6.45) is -0.414. The SMILES string of the molecule is CN1CCN(CCNC(=O)OC(C)(C)C)CC1=O. The first kappa shape index (κ1) is 14.8. The van der Waals surface area contributed by atoms with E-state index in [1.807, 2.05) is 25.7 Å². The lowest BCUT2D eigenvalue weighted by Crippen LogP contribution is -2.50. The van der Waals surface area contributed by atoms with Gasteiger partial charge in [-0.1, -0.05) is 0 Å². The summed E-state index contributed by atoms with van der Waals surface area (Å²) >= 11 is 0. The molecule has 0 aromatic heterocycles. The van der Waals surface area contributed by atoms with Crippen LogP contribution in [0.1, 0.15) is 20.8 Å². The average molecular weight is 257 g/mol. The van der Waals surface area contributed by atoms with E-state index in [0.29, 0.717) is 19.6 Å². The number of ether oxygens (including phenoxy) is 1. The monoisotopic (exact) mass is 257 g/mol. The lowest BCUT2D eigenvalue weighted by atomic mass is 10.2. The van der Waals surface area contributed by atoms with Crippen LogP contribution >= 0.6 is 0 Å². The number of amides is 2. The van der Waals surface area contributed by atoms with Crippen molar-refractivity contribution in [2.24, 2.45) is 0 Å². The molecule has 0 unspecified atom stereocenters. The van der Waals surface area contributed by atoms with E-state index < -0.39 is 11.7 Å². The van der Waals surface area contributed by atoms with Crippen molar-refractivity contribution in [2.75, 3.05) is 39.8 Å². The molecule has 0 radical (unpaired) electrons. The maximum absolute atomic E-state index is 11.5. The summed E-state index contributed by atoms with van der Waals surface area (Å²) in [6, 6.07) is 0. The first-order valence-electron chi connectivity index (χ1n) is 6.21. The number of nitrogens with one attached hydrogen (secondary N) is 1. The maximum Gasteiger partial charge on any atom is 0.407 e. The minimum atomic E-state index is -0.478. The maximum atomic E-state index is 11.5. The molecule has 1 aliphatic rings. The van der Waals surface area contributed by atoms with Crippen LogP contribution in [0.4, 0.5) is 4.79 Å². The highest BCUT2D eigenvalue weighted by molar-refractivity contribution is 5.78. The first-order valence-corrected chi connectivity index (χ1v) is 6.21. The zero-order valence-corrected chi connectivity index (χ0v) is 11.7. The zero-order valence-electron chi connectivity index (χ0n) is 11.7. The molecule has 0 spiro atoms. The average Bonchev–Trinajstić information content (AvgIpc) is 2.20. The van der Waals surface area contributed by atoms with Crippen LogP contribution in [0.3, 0.4) is 0 Å². The van der Waals surface area contributed by atoms with Crippen LogP contribution in [0, 0.1) is 0 Å². The highest BCUT2D eigenvalue weighted by Crippen LogP contribution is 2.06. The third-order valence-electron chi connectivity index (χ3n) is 2.63. The summed E-state index contributed by atoms with van der Waals surface area (Å²) in [7, 11) is 1.80.